The largest absolute Gasteiger partial charge is 0.497 e. The van der Waals surface area contributed by atoms with Crippen LogP contribution in [0.25, 0.3) is 44.5 Å². The number of nitrogens with one attached hydrogen (secondary N) is 1. The monoisotopic (exact) mass is 712 g/mol. The molecular formula is C44H32N4O4S. The van der Waals surface area contributed by atoms with Crippen LogP contribution >= 0.6 is 11.8 Å². The van der Waals surface area contributed by atoms with Crippen LogP contribution in [0, 0.1) is 18.3 Å². The third-order valence-electron chi connectivity index (χ3n) is 8.81. The van der Waals surface area contributed by atoms with Gasteiger partial charge in [-0.1, -0.05) is 102 Å². The van der Waals surface area contributed by atoms with Crippen molar-refractivity contribution in [2.24, 2.45) is 0 Å². The highest BCUT2D eigenvalue weighted by atomic mass is 32.2. The van der Waals surface area contributed by atoms with E-state index in [0.29, 0.717) is 55.4 Å². The van der Waals surface area contributed by atoms with Gasteiger partial charge in [0.15, 0.2) is 0 Å². The second-order valence-corrected chi connectivity index (χ2v) is 13.4. The molecule has 258 valence electrons. The summed E-state index contributed by atoms with van der Waals surface area (Å²) in [5, 5.41) is 23.7. The molecule has 53 heavy (non-hydrogen) atoms. The van der Waals surface area contributed by atoms with Crippen LogP contribution in [0.15, 0.2) is 145 Å². The highest BCUT2D eigenvalue weighted by molar-refractivity contribution is 8.00. The Morgan fingerprint density at radius 3 is 2.06 bits per heavy atom. The number of methoxy groups -OCH3 is 1. The zero-order chi connectivity index (χ0) is 36.9. The van der Waals surface area contributed by atoms with E-state index in [4.69, 9.17) is 9.72 Å². The van der Waals surface area contributed by atoms with Gasteiger partial charge in [-0.05, 0) is 72.6 Å². The Bertz CT molecular complexity index is 2500. The number of benzene rings is 5. The van der Waals surface area contributed by atoms with Crippen LogP contribution in [0.3, 0.4) is 0 Å². The van der Waals surface area contributed by atoms with Crippen LogP contribution < -0.4 is 10.1 Å². The van der Waals surface area contributed by atoms with Crippen molar-refractivity contribution in [2.75, 3.05) is 12.4 Å². The number of anilines is 1. The first kappa shape index (κ1) is 34.7. The maximum Gasteiger partial charge on any atom is 0.336 e. The van der Waals surface area contributed by atoms with E-state index in [-0.39, 0.29) is 11.5 Å². The van der Waals surface area contributed by atoms with Gasteiger partial charge in [-0.3, -0.25) is 4.79 Å². The molecule has 1 amide bonds. The predicted octanol–water partition coefficient (Wildman–Crippen LogP) is 9.99. The first-order valence-corrected chi connectivity index (χ1v) is 17.6. The number of aromatic carboxylic acids is 1. The highest BCUT2D eigenvalue weighted by Gasteiger charge is 2.26. The van der Waals surface area contributed by atoms with Crippen molar-refractivity contribution in [2.45, 2.75) is 17.2 Å². The number of carbonyl (C=O) groups excluding carboxylic acids is 1. The Morgan fingerprint density at radius 1 is 0.774 bits per heavy atom. The van der Waals surface area contributed by atoms with E-state index in [9.17, 15) is 20.0 Å². The molecule has 0 aliphatic heterocycles. The maximum absolute atomic E-state index is 14.2. The zero-order valence-corrected chi connectivity index (χ0v) is 29.6. The Labute approximate surface area is 310 Å². The average molecular weight is 713 g/mol. The highest BCUT2D eigenvalue weighted by Crippen LogP contribution is 2.41. The second kappa shape index (κ2) is 15.2. The van der Waals surface area contributed by atoms with Gasteiger partial charge in [-0.2, -0.15) is 5.26 Å². The number of nitrogens with zero attached hydrogens (tertiary/aromatic N) is 3. The molecule has 0 aliphatic carbocycles. The molecule has 7 rings (SSSR count). The van der Waals surface area contributed by atoms with E-state index < -0.39 is 11.2 Å². The van der Waals surface area contributed by atoms with Crippen LogP contribution in [0.5, 0.6) is 5.75 Å². The Hall–Kier alpha value is -6.76. The van der Waals surface area contributed by atoms with E-state index in [1.165, 1.54) is 11.8 Å². The van der Waals surface area contributed by atoms with Crippen LogP contribution in [0.1, 0.15) is 32.3 Å². The van der Waals surface area contributed by atoms with Gasteiger partial charge in [0.25, 0.3) is 0 Å². The topological polar surface area (TPSA) is 125 Å². The molecule has 0 bridgehead atoms. The summed E-state index contributed by atoms with van der Waals surface area (Å²) in [7, 11) is 1.61. The fourth-order valence-corrected chi connectivity index (χ4v) is 7.14. The molecule has 0 spiro atoms. The number of rotatable bonds is 10. The number of pyridine rings is 2. The number of fused-ring (bicyclic) bond motifs is 1. The van der Waals surface area contributed by atoms with Gasteiger partial charge >= 0.3 is 5.97 Å². The predicted molar refractivity (Wildman–Crippen MR) is 209 cm³/mol. The first-order chi connectivity index (χ1) is 25.8. The Morgan fingerprint density at radius 2 is 1.40 bits per heavy atom. The van der Waals surface area contributed by atoms with Gasteiger partial charge in [0, 0.05) is 27.8 Å². The number of hydrogen-bond donors (Lipinski definition) is 2. The average Bonchev–Trinajstić information content (AvgIpc) is 3.20. The lowest BCUT2D eigenvalue weighted by molar-refractivity contribution is -0.115. The molecular weight excluding hydrogens is 681 g/mol. The van der Waals surface area contributed by atoms with Crippen molar-refractivity contribution in [3.8, 4) is 45.5 Å². The maximum atomic E-state index is 14.2. The SMILES string of the molecule is COc1ccc(-c2cc(-c3ccc(C)cc3)c(C#N)c(SC(C(=O)Nc3ccc(-c4cc(C(=O)O)c5ccccc5n4)cc3)c3ccccc3)n2)cc1. The van der Waals surface area contributed by atoms with E-state index in [2.05, 4.69) is 16.4 Å². The summed E-state index contributed by atoms with van der Waals surface area (Å²) in [4.78, 5) is 35.9. The molecule has 5 aromatic carbocycles. The van der Waals surface area contributed by atoms with Gasteiger partial charge in [0.05, 0.1) is 35.1 Å². The molecule has 0 saturated heterocycles. The van der Waals surface area contributed by atoms with Crippen molar-refractivity contribution in [1.82, 2.24) is 9.97 Å². The molecule has 2 heterocycles. The van der Waals surface area contributed by atoms with Crippen LogP contribution in [0.4, 0.5) is 5.69 Å². The number of carbonyl (C=O) groups is 2. The number of thioether (sulfide) groups is 1. The van der Waals surface area contributed by atoms with Gasteiger partial charge in [-0.15, -0.1) is 0 Å². The molecule has 2 N–H and O–H groups in total. The molecule has 0 aliphatic rings. The molecule has 7 aromatic rings. The summed E-state index contributed by atoms with van der Waals surface area (Å²) in [6.07, 6.45) is 0. The molecule has 8 nitrogen and oxygen atoms in total. The number of carboxylic acids is 1. The molecule has 0 saturated carbocycles. The number of aryl methyl sites for hydroxylation is 1. The fourth-order valence-electron chi connectivity index (χ4n) is 6.03. The van der Waals surface area contributed by atoms with Gasteiger partial charge in [0.2, 0.25) is 5.91 Å². The summed E-state index contributed by atoms with van der Waals surface area (Å²) in [5.41, 5.74) is 7.77. The quantitative estimate of drug-likeness (QED) is 0.134. The second-order valence-electron chi connectivity index (χ2n) is 12.3. The van der Waals surface area contributed by atoms with Crippen LogP contribution in [0.2, 0.25) is 0 Å². The Balaban J connectivity index is 1.24. The van der Waals surface area contributed by atoms with Gasteiger partial charge < -0.3 is 15.2 Å². The van der Waals surface area contributed by atoms with E-state index in [1.54, 1.807) is 55.6 Å². The lowest BCUT2D eigenvalue weighted by Gasteiger charge is -2.19. The molecule has 1 unspecified atom stereocenters. The minimum absolute atomic E-state index is 0.164. The summed E-state index contributed by atoms with van der Waals surface area (Å²) in [6, 6.07) is 45.0. The van der Waals surface area contributed by atoms with Crippen molar-refractivity contribution in [3.63, 3.8) is 0 Å². The van der Waals surface area contributed by atoms with Crippen molar-refractivity contribution >= 4 is 40.2 Å². The molecule has 0 radical (unpaired) electrons. The number of ether oxygens (including phenoxy) is 1. The number of aromatic nitrogens is 2. The third kappa shape index (κ3) is 7.49. The lowest BCUT2D eigenvalue weighted by Crippen LogP contribution is -2.19. The molecule has 9 heteroatoms. The molecule has 0 fully saturated rings. The summed E-state index contributed by atoms with van der Waals surface area (Å²) >= 11 is 1.22. The van der Waals surface area contributed by atoms with E-state index in [1.807, 2.05) is 97.9 Å². The summed E-state index contributed by atoms with van der Waals surface area (Å²) in [6.45, 7) is 2.01. The van der Waals surface area contributed by atoms with E-state index in [0.717, 1.165) is 22.3 Å². The van der Waals surface area contributed by atoms with E-state index >= 15 is 0 Å². The van der Waals surface area contributed by atoms with Gasteiger partial charge in [-0.25, -0.2) is 14.8 Å². The van der Waals surface area contributed by atoms with Crippen LogP contribution in [-0.4, -0.2) is 34.1 Å². The fraction of sp³-hybridized carbons (Fsp3) is 0.0682. The lowest BCUT2D eigenvalue weighted by atomic mass is 9.98. The third-order valence-corrected chi connectivity index (χ3v) is 10.1. The van der Waals surface area contributed by atoms with Crippen molar-refractivity contribution < 1.29 is 19.4 Å². The summed E-state index contributed by atoms with van der Waals surface area (Å²) in [5.74, 6) is -0.626. The first-order valence-electron chi connectivity index (χ1n) is 16.7. The number of para-hydroxylation sites is 1. The Kier molecular flexibility index (Phi) is 9.97. The number of nitriles is 1. The minimum Gasteiger partial charge on any atom is -0.497 e. The number of hydrogen-bond acceptors (Lipinski definition) is 7. The smallest absolute Gasteiger partial charge is 0.336 e. The summed E-state index contributed by atoms with van der Waals surface area (Å²) < 4.78 is 5.37. The van der Waals surface area contributed by atoms with Crippen molar-refractivity contribution in [3.05, 3.63) is 162 Å². The van der Waals surface area contributed by atoms with Gasteiger partial charge in [0.1, 0.15) is 22.1 Å². The van der Waals surface area contributed by atoms with Crippen LogP contribution in [-0.2, 0) is 4.79 Å². The van der Waals surface area contributed by atoms with Crippen molar-refractivity contribution in [1.29, 1.82) is 5.26 Å². The standard InChI is InChI=1S/C44H32N4O4S/c1-27-12-14-28(15-13-27)35-24-40(30-18-22-33(52-2)23-19-30)48-43(37(35)26-45)53-41(31-8-4-3-5-9-31)42(49)46-32-20-16-29(17-21-32)39-25-36(44(50)51)34-10-6-7-11-38(34)47-39/h3-25,41H,1-2H3,(H,46,49)(H,50,51). The number of carboxylic acid groups (broad SMARTS) is 1. The molecule has 2 aromatic heterocycles. The zero-order valence-electron chi connectivity index (χ0n) is 28.8. The molecule has 1 atom stereocenters. The number of amides is 1. The normalized spacial score (nSPS) is 11.4. The minimum atomic E-state index is -1.03.